The Balaban J connectivity index is 2.52. The number of rotatable bonds is 5. The lowest BCUT2D eigenvalue weighted by molar-refractivity contribution is 0.0945. The molecule has 1 heterocycles. The van der Waals surface area contributed by atoms with E-state index in [0.29, 0.717) is 30.8 Å². The van der Waals surface area contributed by atoms with Crippen molar-refractivity contribution >= 4 is 5.91 Å². The van der Waals surface area contributed by atoms with Gasteiger partial charge in [-0.15, -0.1) is 0 Å². The highest BCUT2D eigenvalue weighted by atomic mass is 16.3. The summed E-state index contributed by atoms with van der Waals surface area (Å²) in [5.74, 6) is -0.169. The monoisotopic (exact) mass is 223 g/mol. The molecule has 1 amide bonds. The van der Waals surface area contributed by atoms with Crippen LogP contribution in [0.25, 0.3) is 0 Å². The van der Waals surface area contributed by atoms with Crippen LogP contribution < -0.4 is 11.1 Å². The molecular formula is C11H17N3O2. The van der Waals surface area contributed by atoms with Crippen molar-refractivity contribution in [2.45, 2.75) is 26.0 Å². The number of carbonyl (C=O) groups is 1. The summed E-state index contributed by atoms with van der Waals surface area (Å²) in [4.78, 5) is 15.6. The molecule has 88 valence electrons. The topological polar surface area (TPSA) is 88.2 Å². The Morgan fingerprint density at radius 3 is 3.06 bits per heavy atom. The summed E-state index contributed by atoms with van der Waals surface area (Å²) in [7, 11) is 0. The van der Waals surface area contributed by atoms with E-state index in [1.54, 1.807) is 25.3 Å². The molecule has 0 fully saturated rings. The Labute approximate surface area is 94.7 Å². The minimum absolute atomic E-state index is 0.169. The molecule has 1 rings (SSSR count). The van der Waals surface area contributed by atoms with E-state index < -0.39 is 6.10 Å². The minimum Gasteiger partial charge on any atom is -0.393 e. The molecular weight excluding hydrogens is 206 g/mol. The Bertz CT molecular complexity index is 353. The smallest absolute Gasteiger partial charge is 0.251 e. The van der Waals surface area contributed by atoms with E-state index in [0.717, 1.165) is 0 Å². The first kappa shape index (κ1) is 12.6. The van der Waals surface area contributed by atoms with E-state index in [4.69, 9.17) is 10.8 Å². The lowest BCUT2D eigenvalue weighted by Crippen LogP contribution is -2.26. The van der Waals surface area contributed by atoms with Crippen LogP contribution in [0.15, 0.2) is 18.3 Å². The molecule has 0 saturated heterocycles. The quantitative estimate of drug-likeness (QED) is 0.657. The van der Waals surface area contributed by atoms with Crippen molar-refractivity contribution in [2.75, 3.05) is 6.54 Å². The normalized spacial score (nSPS) is 12.2. The average Bonchev–Trinajstić information content (AvgIpc) is 2.28. The highest BCUT2D eigenvalue weighted by Gasteiger charge is 2.06. The van der Waals surface area contributed by atoms with Crippen LogP contribution in [0.4, 0.5) is 0 Å². The van der Waals surface area contributed by atoms with Gasteiger partial charge in [-0.05, 0) is 25.5 Å². The van der Waals surface area contributed by atoms with E-state index in [1.807, 2.05) is 0 Å². The zero-order chi connectivity index (χ0) is 12.0. The van der Waals surface area contributed by atoms with Gasteiger partial charge in [0.05, 0.1) is 11.8 Å². The number of hydrogen-bond donors (Lipinski definition) is 3. The first-order valence-electron chi connectivity index (χ1n) is 5.24. The maximum atomic E-state index is 11.6. The lowest BCUT2D eigenvalue weighted by atomic mass is 10.2. The first-order chi connectivity index (χ1) is 7.63. The Morgan fingerprint density at radius 1 is 1.69 bits per heavy atom. The number of amides is 1. The van der Waals surface area contributed by atoms with Gasteiger partial charge >= 0.3 is 0 Å². The van der Waals surface area contributed by atoms with E-state index in [2.05, 4.69) is 10.3 Å². The van der Waals surface area contributed by atoms with Crippen LogP contribution >= 0.6 is 0 Å². The van der Waals surface area contributed by atoms with Crippen molar-refractivity contribution in [1.29, 1.82) is 0 Å². The molecule has 0 bridgehead atoms. The molecule has 0 saturated carbocycles. The second-order valence-electron chi connectivity index (χ2n) is 3.63. The number of nitrogens with zero attached hydrogens (tertiary/aromatic N) is 1. The molecule has 1 atom stereocenters. The lowest BCUT2D eigenvalue weighted by Gasteiger charge is -2.07. The Hall–Kier alpha value is -1.46. The van der Waals surface area contributed by atoms with Crippen molar-refractivity contribution in [3.8, 4) is 0 Å². The summed E-state index contributed by atoms with van der Waals surface area (Å²) in [6.07, 6.45) is 1.70. The van der Waals surface area contributed by atoms with Crippen molar-refractivity contribution in [1.82, 2.24) is 10.3 Å². The third-order valence-electron chi connectivity index (χ3n) is 2.14. The fourth-order valence-corrected chi connectivity index (χ4v) is 1.23. The summed E-state index contributed by atoms with van der Waals surface area (Å²) < 4.78 is 0. The van der Waals surface area contributed by atoms with E-state index in [-0.39, 0.29) is 5.91 Å². The van der Waals surface area contributed by atoms with Gasteiger partial charge in [0.15, 0.2) is 0 Å². The van der Waals surface area contributed by atoms with Crippen LogP contribution in [0.2, 0.25) is 0 Å². The number of aliphatic hydroxyl groups excluding tert-OH is 1. The van der Waals surface area contributed by atoms with Crippen LogP contribution in [0, 0.1) is 0 Å². The number of hydrogen-bond acceptors (Lipinski definition) is 4. The van der Waals surface area contributed by atoms with Crippen LogP contribution in [0.3, 0.4) is 0 Å². The van der Waals surface area contributed by atoms with E-state index >= 15 is 0 Å². The number of aliphatic hydroxyl groups is 1. The predicted octanol–water partition coefficient (Wildman–Crippen LogP) is 0.0410. The van der Waals surface area contributed by atoms with Gasteiger partial charge in [-0.25, -0.2) is 0 Å². The largest absolute Gasteiger partial charge is 0.393 e. The maximum Gasteiger partial charge on any atom is 0.251 e. The number of nitrogens with two attached hydrogens (primary N) is 1. The summed E-state index contributed by atoms with van der Waals surface area (Å²) in [5, 5.41) is 11.8. The third-order valence-corrected chi connectivity index (χ3v) is 2.14. The molecule has 1 unspecified atom stereocenters. The number of pyridine rings is 1. The molecule has 16 heavy (non-hydrogen) atoms. The first-order valence-corrected chi connectivity index (χ1v) is 5.24. The molecule has 0 aromatic carbocycles. The molecule has 4 N–H and O–H groups in total. The highest BCUT2D eigenvalue weighted by molar-refractivity contribution is 5.94. The van der Waals surface area contributed by atoms with Gasteiger partial charge in [0.1, 0.15) is 0 Å². The van der Waals surface area contributed by atoms with Crippen LogP contribution in [0.5, 0.6) is 0 Å². The van der Waals surface area contributed by atoms with Crippen LogP contribution in [-0.2, 0) is 6.54 Å². The van der Waals surface area contributed by atoms with Crippen molar-refractivity contribution in [2.24, 2.45) is 5.73 Å². The number of carbonyl (C=O) groups excluding carboxylic acids is 1. The minimum atomic E-state index is -0.405. The van der Waals surface area contributed by atoms with Gasteiger partial charge < -0.3 is 16.2 Å². The van der Waals surface area contributed by atoms with Crippen molar-refractivity contribution in [3.05, 3.63) is 29.6 Å². The van der Waals surface area contributed by atoms with Gasteiger partial charge in [-0.2, -0.15) is 0 Å². The Morgan fingerprint density at radius 2 is 2.44 bits per heavy atom. The fraction of sp³-hybridized carbons (Fsp3) is 0.455. The molecule has 5 nitrogen and oxygen atoms in total. The number of nitrogens with one attached hydrogen (secondary N) is 1. The van der Waals surface area contributed by atoms with Crippen LogP contribution in [-0.4, -0.2) is 28.6 Å². The zero-order valence-electron chi connectivity index (χ0n) is 9.31. The van der Waals surface area contributed by atoms with Gasteiger partial charge in [0.25, 0.3) is 5.91 Å². The number of aromatic nitrogens is 1. The van der Waals surface area contributed by atoms with E-state index in [9.17, 15) is 4.79 Å². The van der Waals surface area contributed by atoms with Gasteiger partial charge in [0.2, 0.25) is 0 Å². The molecule has 1 aromatic rings. The van der Waals surface area contributed by atoms with Gasteiger partial charge in [0, 0.05) is 24.8 Å². The molecule has 0 spiro atoms. The zero-order valence-corrected chi connectivity index (χ0v) is 9.31. The molecule has 0 aliphatic heterocycles. The van der Waals surface area contributed by atoms with Crippen LogP contribution in [0.1, 0.15) is 29.4 Å². The standard InChI is InChI=1S/C11H17N3O2/c1-8(15)2-4-14-11(16)9-3-5-13-10(6-9)7-12/h3,5-6,8,15H,2,4,7,12H2,1H3,(H,14,16). The SMILES string of the molecule is CC(O)CCNC(=O)c1ccnc(CN)c1. The maximum absolute atomic E-state index is 11.6. The molecule has 0 aliphatic carbocycles. The summed E-state index contributed by atoms with van der Waals surface area (Å²) in [5.41, 5.74) is 6.66. The van der Waals surface area contributed by atoms with Crippen molar-refractivity contribution < 1.29 is 9.90 Å². The highest BCUT2D eigenvalue weighted by Crippen LogP contribution is 2.01. The summed E-state index contributed by atoms with van der Waals surface area (Å²) in [6, 6.07) is 3.30. The molecule has 0 aliphatic rings. The fourth-order valence-electron chi connectivity index (χ4n) is 1.23. The molecule has 1 aromatic heterocycles. The molecule has 5 heteroatoms. The summed E-state index contributed by atoms with van der Waals surface area (Å²) >= 11 is 0. The van der Waals surface area contributed by atoms with Gasteiger partial charge in [-0.3, -0.25) is 9.78 Å². The molecule has 0 radical (unpaired) electrons. The Kier molecular flexibility index (Phi) is 4.88. The second-order valence-corrected chi connectivity index (χ2v) is 3.63. The average molecular weight is 223 g/mol. The predicted molar refractivity (Wildman–Crippen MR) is 60.8 cm³/mol. The van der Waals surface area contributed by atoms with E-state index in [1.165, 1.54) is 0 Å². The van der Waals surface area contributed by atoms with Crippen molar-refractivity contribution in [3.63, 3.8) is 0 Å². The second kappa shape index (κ2) is 6.19. The third kappa shape index (κ3) is 3.96. The summed E-state index contributed by atoms with van der Waals surface area (Å²) in [6.45, 7) is 2.46. The van der Waals surface area contributed by atoms with Gasteiger partial charge in [-0.1, -0.05) is 0 Å².